The first kappa shape index (κ1) is 9.94. The van der Waals surface area contributed by atoms with Gasteiger partial charge in [-0.15, -0.1) is 6.58 Å². The topological polar surface area (TPSA) is 26.0 Å². The minimum Gasteiger partial charge on any atom is -0.324 e. The van der Waals surface area contributed by atoms with E-state index in [1.54, 1.807) is 0 Å². The van der Waals surface area contributed by atoms with Gasteiger partial charge in [-0.2, -0.15) is 0 Å². The molecular weight excluding hydrogens is 182 g/mol. The Morgan fingerprint density at radius 2 is 1.87 bits per heavy atom. The molecule has 76 valence electrons. The SMILES string of the molecule is C=CCC(N)c1ccc2ccccc2c1. The predicted octanol–water partition coefficient (Wildman–Crippen LogP) is 3.42. The molecule has 0 aliphatic rings. The zero-order chi connectivity index (χ0) is 10.7. The van der Waals surface area contributed by atoms with Crippen LogP contribution >= 0.6 is 0 Å². The monoisotopic (exact) mass is 197 g/mol. The second-order valence-corrected chi connectivity index (χ2v) is 3.74. The van der Waals surface area contributed by atoms with Gasteiger partial charge < -0.3 is 5.73 Å². The van der Waals surface area contributed by atoms with Crippen LogP contribution in [0.5, 0.6) is 0 Å². The van der Waals surface area contributed by atoms with Crippen molar-refractivity contribution in [3.63, 3.8) is 0 Å². The van der Waals surface area contributed by atoms with Gasteiger partial charge in [-0.25, -0.2) is 0 Å². The van der Waals surface area contributed by atoms with Crippen molar-refractivity contribution in [2.75, 3.05) is 0 Å². The summed E-state index contributed by atoms with van der Waals surface area (Å²) < 4.78 is 0. The molecule has 2 rings (SSSR count). The lowest BCUT2D eigenvalue weighted by Crippen LogP contribution is -2.08. The summed E-state index contributed by atoms with van der Waals surface area (Å²) in [5.41, 5.74) is 7.20. The molecule has 0 heterocycles. The third-order valence-electron chi connectivity index (χ3n) is 2.62. The zero-order valence-corrected chi connectivity index (χ0v) is 8.69. The first-order valence-electron chi connectivity index (χ1n) is 5.16. The fourth-order valence-corrected chi connectivity index (χ4v) is 1.75. The van der Waals surface area contributed by atoms with Gasteiger partial charge in [-0.05, 0) is 28.8 Å². The summed E-state index contributed by atoms with van der Waals surface area (Å²) in [4.78, 5) is 0. The van der Waals surface area contributed by atoms with Crippen molar-refractivity contribution >= 4 is 10.8 Å². The van der Waals surface area contributed by atoms with E-state index >= 15 is 0 Å². The van der Waals surface area contributed by atoms with E-state index in [1.807, 2.05) is 18.2 Å². The van der Waals surface area contributed by atoms with E-state index in [1.165, 1.54) is 16.3 Å². The van der Waals surface area contributed by atoms with Crippen molar-refractivity contribution in [1.82, 2.24) is 0 Å². The van der Waals surface area contributed by atoms with Gasteiger partial charge in [0.05, 0.1) is 0 Å². The Morgan fingerprint density at radius 3 is 2.60 bits per heavy atom. The molecule has 2 aromatic carbocycles. The standard InChI is InChI=1S/C14H15N/c1-2-5-14(15)13-9-8-11-6-3-4-7-12(11)10-13/h2-4,6-10,14H,1,5,15H2. The molecule has 0 aliphatic heterocycles. The van der Waals surface area contributed by atoms with Crippen molar-refractivity contribution in [3.05, 3.63) is 60.7 Å². The normalized spacial score (nSPS) is 12.6. The van der Waals surface area contributed by atoms with E-state index in [4.69, 9.17) is 5.73 Å². The number of nitrogens with two attached hydrogens (primary N) is 1. The van der Waals surface area contributed by atoms with Gasteiger partial charge in [0, 0.05) is 6.04 Å². The fraction of sp³-hybridized carbons (Fsp3) is 0.143. The summed E-state index contributed by atoms with van der Waals surface area (Å²) in [6, 6.07) is 14.7. The third kappa shape index (κ3) is 2.08. The van der Waals surface area contributed by atoms with E-state index in [2.05, 4.69) is 36.9 Å². The van der Waals surface area contributed by atoms with Crippen LogP contribution in [0.1, 0.15) is 18.0 Å². The largest absolute Gasteiger partial charge is 0.324 e. The van der Waals surface area contributed by atoms with Gasteiger partial charge in [0.2, 0.25) is 0 Å². The molecule has 0 spiro atoms. The van der Waals surface area contributed by atoms with Crippen molar-refractivity contribution in [3.8, 4) is 0 Å². The van der Waals surface area contributed by atoms with Crippen LogP contribution < -0.4 is 5.73 Å². The summed E-state index contributed by atoms with van der Waals surface area (Å²) in [6.45, 7) is 3.71. The molecular formula is C14H15N. The van der Waals surface area contributed by atoms with Crippen molar-refractivity contribution in [2.45, 2.75) is 12.5 Å². The van der Waals surface area contributed by atoms with Crippen LogP contribution in [0.25, 0.3) is 10.8 Å². The van der Waals surface area contributed by atoms with E-state index in [9.17, 15) is 0 Å². The van der Waals surface area contributed by atoms with E-state index in [-0.39, 0.29) is 6.04 Å². The van der Waals surface area contributed by atoms with Gasteiger partial charge >= 0.3 is 0 Å². The number of hydrogen-bond acceptors (Lipinski definition) is 1. The maximum atomic E-state index is 6.03. The molecule has 0 aliphatic carbocycles. The first-order chi connectivity index (χ1) is 7.31. The van der Waals surface area contributed by atoms with Crippen molar-refractivity contribution < 1.29 is 0 Å². The molecule has 1 heteroatoms. The van der Waals surface area contributed by atoms with Gasteiger partial charge in [0.15, 0.2) is 0 Å². The highest BCUT2D eigenvalue weighted by molar-refractivity contribution is 5.83. The van der Waals surface area contributed by atoms with E-state index < -0.39 is 0 Å². The second-order valence-electron chi connectivity index (χ2n) is 3.74. The predicted molar refractivity (Wildman–Crippen MR) is 65.7 cm³/mol. The highest BCUT2D eigenvalue weighted by Crippen LogP contribution is 2.20. The zero-order valence-electron chi connectivity index (χ0n) is 8.69. The lowest BCUT2D eigenvalue weighted by molar-refractivity contribution is 0.743. The lowest BCUT2D eigenvalue weighted by Gasteiger charge is -2.10. The summed E-state index contributed by atoms with van der Waals surface area (Å²) in [6.07, 6.45) is 2.68. The third-order valence-corrected chi connectivity index (χ3v) is 2.62. The second kappa shape index (κ2) is 4.28. The molecule has 0 amide bonds. The number of rotatable bonds is 3. The van der Waals surface area contributed by atoms with Crippen LogP contribution in [0.4, 0.5) is 0 Å². The van der Waals surface area contributed by atoms with Crippen molar-refractivity contribution in [1.29, 1.82) is 0 Å². The first-order valence-corrected chi connectivity index (χ1v) is 5.16. The Balaban J connectivity index is 2.42. The molecule has 1 atom stereocenters. The molecule has 0 aromatic heterocycles. The highest BCUT2D eigenvalue weighted by Gasteiger charge is 2.03. The van der Waals surface area contributed by atoms with Crippen LogP contribution in [-0.4, -0.2) is 0 Å². The minimum absolute atomic E-state index is 0.0621. The summed E-state index contributed by atoms with van der Waals surface area (Å²) in [5, 5.41) is 2.50. The Morgan fingerprint density at radius 1 is 1.13 bits per heavy atom. The molecule has 0 fully saturated rings. The molecule has 15 heavy (non-hydrogen) atoms. The van der Waals surface area contributed by atoms with Gasteiger partial charge in [0.1, 0.15) is 0 Å². The number of fused-ring (bicyclic) bond motifs is 1. The fourth-order valence-electron chi connectivity index (χ4n) is 1.75. The molecule has 0 saturated carbocycles. The molecule has 2 aromatic rings. The molecule has 0 saturated heterocycles. The van der Waals surface area contributed by atoms with E-state index in [0.29, 0.717) is 0 Å². The smallest absolute Gasteiger partial charge is 0.0329 e. The Kier molecular flexibility index (Phi) is 2.84. The Labute approximate surface area is 90.2 Å². The van der Waals surface area contributed by atoms with Gasteiger partial charge in [0.25, 0.3) is 0 Å². The van der Waals surface area contributed by atoms with Crippen LogP contribution in [0.3, 0.4) is 0 Å². The van der Waals surface area contributed by atoms with Crippen LogP contribution in [0.15, 0.2) is 55.1 Å². The van der Waals surface area contributed by atoms with E-state index in [0.717, 1.165) is 6.42 Å². The lowest BCUT2D eigenvalue weighted by atomic mass is 10.0. The molecule has 2 N–H and O–H groups in total. The average Bonchev–Trinajstić information content (AvgIpc) is 2.29. The average molecular weight is 197 g/mol. The maximum Gasteiger partial charge on any atom is 0.0329 e. The molecule has 0 bridgehead atoms. The minimum atomic E-state index is 0.0621. The summed E-state index contributed by atoms with van der Waals surface area (Å²) in [5.74, 6) is 0. The van der Waals surface area contributed by atoms with Gasteiger partial charge in [-0.1, -0.05) is 42.5 Å². The van der Waals surface area contributed by atoms with Crippen LogP contribution in [0.2, 0.25) is 0 Å². The molecule has 0 radical (unpaired) electrons. The molecule has 1 unspecified atom stereocenters. The van der Waals surface area contributed by atoms with Crippen LogP contribution in [0, 0.1) is 0 Å². The summed E-state index contributed by atoms with van der Waals surface area (Å²) >= 11 is 0. The van der Waals surface area contributed by atoms with Gasteiger partial charge in [-0.3, -0.25) is 0 Å². The summed E-state index contributed by atoms with van der Waals surface area (Å²) in [7, 11) is 0. The number of hydrogen-bond donors (Lipinski definition) is 1. The quantitative estimate of drug-likeness (QED) is 0.750. The Bertz CT molecular complexity index is 473. The number of benzene rings is 2. The Hall–Kier alpha value is -1.60. The molecule has 1 nitrogen and oxygen atoms in total. The maximum absolute atomic E-state index is 6.03. The highest BCUT2D eigenvalue weighted by atomic mass is 14.6. The van der Waals surface area contributed by atoms with Crippen molar-refractivity contribution in [2.24, 2.45) is 5.73 Å². The van der Waals surface area contributed by atoms with Crippen LogP contribution in [-0.2, 0) is 0 Å².